The summed E-state index contributed by atoms with van der Waals surface area (Å²) in [6.07, 6.45) is 2.64. The van der Waals surface area contributed by atoms with Crippen LogP contribution in [-0.4, -0.2) is 53.6 Å². The fourth-order valence-corrected chi connectivity index (χ4v) is 2.21. The number of likely N-dealkylation sites (tertiary alicyclic amines) is 1. The molecule has 1 unspecified atom stereocenters. The zero-order valence-corrected chi connectivity index (χ0v) is 10.9. The van der Waals surface area contributed by atoms with Gasteiger partial charge in [-0.3, -0.25) is 9.59 Å². The monoisotopic (exact) mass is 257 g/mol. The fraction of sp³-hybridized carbons (Fsp3) is 0.833. The molecule has 1 aliphatic rings. The van der Waals surface area contributed by atoms with Crippen molar-refractivity contribution in [3.8, 4) is 0 Å². The van der Waals surface area contributed by atoms with Crippen molar-refractivity contribution in [3.63, 3.8) is 0 Å². The van der Waals surface area contributed by atoms with E-state index < -0.39 is 12.0 Å². The van der Waals surface area contributed by atoms with Gasteiger partial charge in [-0.05, 0) is 25.8 Å². The summed E-state index contributed by atoms with van der Waals surface area (Å²) < 4.78 is 0. The van der Waals surface area contributed by atoms with E-state index in [9.17, 15) is 9.59 Å². The number of hydrogen-bond acceptors (Lipinski definition) is 4. The number of carbonyl (C=O) groups is 2. The van der Waals surface area contributed by atoms with Gasteiger partial charge in [-0.1, -0.05) is 6.92 Å². The van der Waals surface area contributed by atoms with Gasteiger partial charge in [0.15, 0.2) is 0 Å². The van der Waals surface area contributed by atoms with Crippen molar-refractivity contribution in [1.82, 2.24) is 10.2 Å². The number of hydrogen-bond donors (Lipinski definition) is 3. The van der Waals surface area contributed by atoms with E-state index in [1.54, 1.807) is 0 Å². The molecule has 0 aromatic carbocycles. The normalized spacial score (nSPS) is 19.4. The number of piperidine rings is 1. The minimum atomic E-state index is -1.05. The van der Waals surface area contributed by atoms with Gasteiger partial charge < -0.3 is 21.1 Å². The molecular formula is C12H23N3O3. The van der Waals surface area contributed by atoms with Gasteiger partial charge in [0.25, 0.3) is 0 Å². The van der Waals surface area contributed by atoms with E-state index in [1.165, 1.54) is 0 Å². The molecule has 1 aliphatic heterocycles. The van der Waals surface area contributed by atoms with E-state index in [0.717, 1.165) is 38.9 Å². The van der Waals surface area contributed by atoms with Crippen molar-refractivity contribution in [2.45, 2.75) is 44.7 Å². The summed E-state index contributed by atoms with van der Waals surface area (Å²) in [5.41, 5.74) is 5.51. The highest BCUT2D eigenvalue weighted by molar-refractivity contribution is 5.86. The first-order valence-electron chi connectivity index (χ1n) is 6.53. The molecule has 0 bridgehead atoms. The van der Waals surface area contributed by atoms with Crippen LogP contribution in [0.25, 0.3) is 0 Å². The molecule has 18 heavy (non-hydrogen) atoms. The van der Waals surface area contributed by atoms with E-state index in [-0.39, 0.29) is 18.4 Å². The minimum Gasteiger partial charge on any atom is -0.481 e. The second-order valence-corrected chi connectivity index (χ2v) is 4.83. The molecule has 1 rings (SSSR count). The molecule has 104 valence electrons. The average molecular weight is 257 g/mol. The number of carboxylic acid groups (broad SMARTS) is 1. The summed E-state index contributed by atoms with van der Waals surface area (Å²) in [6.45, 7) is 5.21. The van der Waals surface area contributed by atoms with Crippen LogP contribution in [0.1, 0.15) is 32.6 Å². The lowest BCUT2D eigenvalue weighted by molar-refractivity contribution is -0.139. The predicted molar refractivity (Wildman–Crippen MR) is 68.1 cm³/mol. The van der Waals surface area contributed by atoms with Crippen LogP contribution in [0.3, 0.4) is 0 Å². The Morgan fingerprint density at radius 3 is 2.56 bits per heavy atom. The molecule has 0 aromatic heterocycles. The van der Waals surface area contributed by atoms with E-state index in [0.29, 0.717) is 0 Å². The maximum Gasteiger partial charge on any atom is 0.305 e. The number of aliphatic carboxylic acids is 1. The predicted octanol–water partition coefficient (Wildman–Crippen LogP) is -0.221. The Balaban J connectivity index is 2.27. The summed E-state index contributed by atoms with van der Waals surface area (Å²) in [4.78, 5) is 24.5. The Kier molecular flexibility index (Phi) is 6.07. The molecule has 0 radical (unpaired) electrons. The molecule has 1 amide bonds. The molecule has 1 atom stereocenters. The smallest absolute Gasteiger partial charge is 0.305 e. The first kappa shape index (κ1) is 14.9. The van der Waals surface area contributed by atoms with E-state index in [4.69, 9.17) is 10.8 Å². The third kappa shape index (κ3) is 5.01. The lowest BCUT2D eigenvalue weighted by Crippen LogP contribution is -2.50. The molecule has 1 fully saturated rings. The van der Waals surface area contributed by atoms with Crippen LogP contribution in [0.4, 0.5) is 0 Å². The Labute approximate surface area is 108 Å². The van der Waals surface area contributed by atoms with Crippen molar-refractivity contribution in [2.75, 3.05) is 19.6 Å². The molecule has 6 nitrogen and oxygen atoms in total. The van der Waals surface area contributed by atoms with E-state index in [2.05, 4.69) is 17.1 Å². The molecule has 0 spiro atoms. The number of carboxylic acids is 1. The molecule has 0 aromatic rings. The number of nitrogens with zero attached hydrogens (tertiary/aromatic N) is 1. The third-order valence-electron chi connectivity index (χ3n) is 3.21. The van der Waals surface area contributed by atoms with Crippen LogP contribution in [0.2, 0.25) is 0 Å². The summed E-state index contributed by atoms with van der Waals surface area (Å²) in [5.74, 6) is -1.40. The zero-order chi connectivity index (χ0) is 13.5. The number of amides is 1. The molecule has 1 heterocycles. The summed E-state index contributed by atoms with van der Waals surface area (Å²) in [7, 11) is 0. The van der Waals surface area contributed by atoms with Gasteiger partial charge in [-0.25, -0.2) is 0 Å². The Morgan fingerprint density at radius 1 is 1.44 bits per heavy atom. The summed E-state index contributed by atoms with van der Waals surface area (Å²) >= 11 is 0. The van der Waals surface area contributed by atoms with Crippen LogP contribution < -0.4 is 11.1 Å². The Morgan fingerprint density at radius 2 is 2.06 bits per heavy atom. The number of nitrogens with two attached hydrogens (primary N) is 1. The van der Waals surface area contributed by atoms with Gasteiger partial charge in [-0.15, -0.1) is 0 Å². The first-order valence-corrected chi connectivity index (χ1v) is 6.53. The van der Waals surface area contributed by atoms with E-state index in [1.807, 2.05) is 0 Å². The number of carbonyl (C=O) groups excluding carboxylic acids is 1. The van der Waals surface area contributed by atoms with Crippen LogP contribution >= 0.6 is 0 Å². The van der Waals surface area contributed by atoms with Crippen molar-refractivity contribution >= 4 is 11.9 Å². The maximum atomic E-state index is 11.6. The quantitative estimate of drug-likeness (QED) is 0.611. The highest BCUT2D eigenvalue weighted by Gasteiger charge is 2.23. The van der Waals surface area contributed by atoms with Crippen molar-refractivity contribution in [3.05, 3.63) is 0 Å². The number of nitrogens with one attached hydrogen (secondary N) is 1. The van der Waals surface area contributed by atoms with Gasteiger partial charge in [0, 0.05) is 19.1 Å². The maximum absolute atomic E-state index is 11.6. The van der Waals surface area contributed by atoms with Crippen LogP contribution in [-0.2, 0) is 9.59 Å². The standard InChI is InChI=1S/C12H23N3O3/c1-2-5-15-6-3-9(4-7-15)14-12(18)10(13)8-11(16)17/h9-10H,2-8,13H2,1H3,(H,14,18)(H,16,17). The highest BCUT2D eigenvalue weighted by Crippen LogP contribution is 2.10. The van der Waals surface area contributed by atoms with Crippen molar-refractivity contribution < 1.29 is 14.7 Å². The summed E-state index contributed by atoms with van der Waals surface area (Å²) in [5, 5.41) is 11.4. The van der Waals surface area contributed by atoms with Gasteiger partial charge in [0.1, 0.15) is 0 Å². The first-order chi connectivity index (χ1) is 8.52. The molecule has 4 N–H and O–H groups in total. The number of rotatable bonds is 6. The molecule has 1 saturated heterocycles. The van der Waals surface area contributed by atoms with Gasteiger partial charge in [-0.2, -0.15) is 0 Å². The van der Waals surface area contributed by atoms with Gasteiger partial charge in [0.05, 0.1) is 12.5 Å². The van der Waals surface area contributed by atoms with Gasteiger partial charge >= 0.3 is 5.97 Å². The minimum absolute atomic E-state index is 0.130. The second-order valence-electron chi connectivity index (χ2n) is 4.83. The summed E-state index contributed by atoms with van der Waals surface area (Å²) in [6, 6.07) is -0.818. The van der Waals surface area contributed by atoms with Crippen LogP contribution in [0, 0.1) is 0 Å². The third-order valence-corrected chi connectivity index (χ3v) is 3.21. The lowest BCUT2D eigenvalue weighted by atomic mass is 10.0. The Bertz CT molecular complexity index is 288. The van der Waals surface area contributed by atoms with E-state index >= 15 is 0 Å². The molecule has 0 saturated carbocycles. The second kappa shape index (κ2) is 7.33. The molecule has 6 heteroatoms. The molecular weight excluding hydrogens is 234 g/mol. The highest BCUT2D eigenvalue weighted by atomic mass is 16.4. The van der Waals surface area contributed by atoms with Crippen molar-refractivity contribution in [2.24, 2.45) is 5.73 Å². The SMILES string of the molecule is CCCN1CCC(NC(=O)C(N)CC(=O)O)CC1. The molecule has 0 aliphatic carbocycles. The zero-order valence-electron chi connectivity index (χ0n) is 10.9. The lowest BCUT2D eigenvalue weighted by Gasteiger charge is -2.32. The topological polar surface area (TPSA) is 95.7 Å². The van der Waals surface area contributed by atoms with Crippen LogP contribution in [0.5, 0.6) is 0 Å². The van der Waals surface area contributed by atoms with Crippen molar-refractivity contribution in [1.29, 1.82) is 0 Å². The Hall–Kier alpha value is -1.14. The average Bonchev–Trinajstić information content (AvgIpc) is 2.31. The largest absolute Gasteiger partial charge is 0.481 e. The van der Waals surface area contributed by atoms with Crippen LogP contribution in [0.15, 0.2) is 0 Å². The van der Waals surface area contributed by atoms with Gasteiger partial charge in [0.2, 0.25) is 5.91 Å². The fourth-order valence-electron chi connectivity index (χ4n) is 2.21.